The molecule has 11 heteroatoms. The number of amides is 2. The Morgan fingerprint density at radius 1 is 1.14 bits per heavy atom. The summed E-state index contributed by atoms with van der Waals surface area (Å²) < 4.78 is 0. The molecular formula is C31H39Cl2N7O2. The van der Waals surface area contributed by atoms with Gasteiger partial charge in [-0.1, -0.05) is 74.7 Å². The Bertz CT molecular complexity index is 1400. The molecule has 1 saturated carbocycles. The Morgan fingerprint density at radius 3 is 2.43 bits per heavy atom. The number of H-pyrrole nitrogens is 1. The van der Waals surface area contributed by atoms with Crippen LogP contribution >= 0.6 is 23.2 Å². The zero-order valence-corrected chi connectivity index (χ0v) is 26.2. The summed E-state index contributed by atoms with van der Waals surface area (Å²) in [5.74, 6) is 0.763. The van der Waals surface area contributed by atoms with Crippen molar-refractivity contribution in [3.8, 4) is 0 Å². The van der Waals surface area contributed by atoms with Crippen LogP contribution in [0.2, 0.25) is 10.0 Å². The van der Waals surface area contributed by atoms with Gasteiger partial charge in [-0.15, -0.1) is 10.2 Å². The van der Waals surface area contributed by atoms with Gasteiger partial charge in [0.2, 0.25) is 5.91 Å². The van der Waals surface area contributed by atoms with E-state index >= 15 is 0 Å². The van der Waals surface area contributed by atoms with Gasteiger partial charge in [-0.3, -0.25) is 14.6 Å². The molecule has 1 atom stereocenters. The highest BCUT2D eigenvalue weighted by molar-refractivity contribution is 6.48. The van der Waals surface area contributed by atoms with Crippen LogP contribution in [0.4, 0.5) is 0 Å². The molecule has 1 aliphatic heterocycles. The van der Waals surface area contributed by atoms with Gasteiger partial charge in [-0.2, -0.15) is 5.21 Å². The molecule has 2 N–H and O–H groups in total. The number of benzene rings is 1. The summed E-state index contributed by atoms with van der Waals surface area (Å²) >= 11 is 12.7. The monoisotopic (exact) mass is 611 g/mol. The van der Waals surface area contributed by atoms with Gasteiger partial charge in [0.1, 0.15) is 11.4 Å². The molecule has 42 heavy (non-hydrogen) atoms. The predicted octanol–water partition coefficient (Wildman–Crippen LogP) is 6.20. The Balaban J connectivity index is 1.45. The smallest absolute Gasteiger partial charge is 0.275 e. The number of hydrogen-bond acceptors (Lipinski definition) is 6. The minimum absolute atomic E-state index is 0.0745. The molecule has 1 fully saturated rings. The summed E-state index contributed by atoms with van der Waals surface area (Å²) in [6.07, 6.45) is 10.5. The molecule has 2 aromatic rings. The van der Waals surface area contributed by atoms with Crippen LogP contribution in [0.25, 0.3) is 0 Å². The van der Waals surface area contributed by atoms with Gasteiger partial charge in [0, 0.05) is 21.2 Å². The van der Waals surface area contributed by atoms with Crippen molar-refractivity contribution < 1.29 is 9.59 Å². The van der Waals surface area contributed by atoms with E-state index in [1.807, 2.05) is 12.2 Å². The first kappa shape index (κ1) is 30.4. The van der Waals surface area contributed by atoms with E-state index in [9.17, 15) is 9.59 Å². The number of nitrogens with zero attached hydrogens (tertiary/aromatic N) is 5. The molecule has 2 amide bonds. The summed E-state index contributed by atoms with van der Waals surface area (Å²) in [4.78, 5) is 34.5. The number of aromatic amines is 1. The summed E-state index contributed by atoms with van der Waals surface area (Å²) in [7, 11) is 0. The Labute approximate surface area is 257 Å². The molecule has 9 nitrogen and oxygen atoms in total. The van der Waals surface area contributed by atoms with Crippen LogP contribution in [0, 0.1) is 11.3 Å². The lowest BCUT2D eigenvalue weighted by Gasteiger charge is -2.48. The fourth-order valence-corrected chi connectivity index (χ4v) is 7.15. The third-order valence-electron chi connectivity index (χ3n) is 8.91. The number of hydrogen-bond donors (Lipinski definition) is 2. The third-order valence-corrected chi connectivity index (χ3v) is 9.34. The number of aromatic nitrogens is 4. The fourth-order valence-electron chi connectivity index (χ4n) is 6.63. The van der Waals surface area contributed by atoms with E-state index in [0.29, 0.717) is 51.5 Å². The van der Waals surface area contributed by atoms with E-state index in [-0.39, 0.29) is 29.8 Å². The summed E-state index contributed by atoms with van der Waals surface area (Å²) in [5.41, 5.74) is 2.51. The molecule has 1 aromatic heterocycles. The van der Waals surface area contributed by atoms with Crippen LogP contribution < -0.4 is 5.32 Å². The van der Waals surface area contributed by atoms with Gasteiger partial charge in [0.25, 0.3) is 5.91 Å². The lowest BCUT2D eigenvalue weighted by molar-refractivity contribution is -0.132. The summed E-state index contributed by atoms with van der Waals surface area (Å²) in [6, 6.07) is 5.10. The second kappa shape index (κ2) is 12.3. The standard InChI is InChI=1S/C31H39Cl2N7O2/c1-5-6-25(19-7-9-20(10-8-19)28(41)34-18-26-36-38-39-37-26)40-29(42)27(21-15-23(32)17-24(33)16-21)35-31(40)13-11-22(12-14-31)30(2,3)4/h7,9,15-17,22,25H,5-6,8,10-14,18H2,1-4H3,(H,34,41)(H,36,37,38,39). The maximum atomic E-state index is 14.4. The topological polar surface area (TPSA) is 116 Å². The molecule has 0 bridgehead atoms. The first-order valence-corrected chi connectivity index (χ1v) is 15.6. The van der Waals surface area contributed by atoms with Crippen LogP contribution in [0.3, 0.4) is 0 Å². The highest BCUT2D eigenvalue weighted by atomic mass is 35.5. The van der Waals surface area contributed by atoms with Gasteiger partial charge in [0.05, 0.1) is 12.6 Å². The first-order valence-electron chi connectivity index (χ1n) is 14.8. The van der Waals surface area contributed by atoms with E-state index in [2.05, 4.69) is 58.5 Å². The minimum Gasteiger partial charge on any atom is -0.345 e. The fraction of sp³-hybridized carbons (Fsp3) is 0.548. The summed E-state index contributed by atoms with van der Waals surface area (Å²) in [5, 5.41) is 17.5. The molecule has 2 aliphatic carbocycles. The van der Waals surface area contributed by atoms with Crippen LogP contribution in [0.15, 0.2) is 46.5 Å². The zero-order valence-electron chi connectivity index (χ0n) is 24.7. The second-order valence-electron chi connectivity index (χ2n) is 12.7. The quantitative estimate of drug-likeness (QED) is 0.368. The average Bonchev–Trinajstić information content (AvgIpc) is 3.56. The molecule has 2 heterocycles. The molecule has 0 radical (unpaired) electrons. The number of carbonyl (C=O) groups is 2. The van der Waals surface area contributed by atoms with Gasteiger partial charge < -0.3 is 10.2 Å². The maximum Gasteiger partial charge on any atom is 0.275 e. The van der Waals surface area contributed by atoms with Crippen molar-refractivity contribution in [1.82, 2.24) is 30.8 Å². The summed E-state index contributed by atoms with van der Waals surface area (Å²) in [6.45, 7) is 9.24. The van der Waals surface area contributed by atoms with Crippen LogP contribution in [0.5, 0.6) is 0 Å². The van der Waals surface area contributed by atoms with E-state index in [0.717, 1.165) is 44.1 Å². The molecule has 0 saturated heterocycles. The van der Waals surface area contributed by atoms with E-state index in [4.69, 9.17) is 28.2 Å². The predicted molar refractivity (Wildman–Crippen MR) is 164 cm³/mol. The van der Waals surface area contributed by atoms with Crippen molar-refractivity contribution >= 4 is 40.7 Å². The number of allylic oxidation sites excluding steroid dienone is 2. The lowest BCUT2D eigenvalue weighted by Crippen LogP contribution is -2.55. The maximum absolute atomic E-state index is 14.4. The Kier molecular flexibility index (Phi) is 8.90. The van der Waals surface area contributed by atoms with Crippen molar-refractivity contribution in [3.05, 3.63) is 62.9 Å². The Morgan fingerprint density at radius 2 is 1.86 bits per heavy atom. The molecule has 3 aliphatic rings. The third kappa shape index (κ3) is 6.32. The van der Waals surface area contributed by atoms with Crippen LogP contribution in [-0.2, 0) is 16.1 Å². The zero-order chi connectivity index (χ0) is 30.1. The Hall–Kier alpha value is -3.04. The van der Waals surface area contributed by atoms with Crippen LogP contribution in [0.1, 0.15) is 90.4 Å². The number of halogens is 2. The van der Waals surface area contributed by atoms with Crippen molar-refractivity contribution in [1.29, 1.82) is 0 Å². The highest BCUT2D eigenvalue weighted by Crippen LogP contribution is 2.49. The van der Waals surface area contributed by atoms with E-state index in [1.165, 1.54) is 0 Å². The number of carbonyl (C=O) groups excluding carboxylic acids is 2. The van der Waals surface area contributed by atoms with Crippen molar-refractivity contribution in [3.63, 3.8) is 0 Å². The second-order valence-corrected chi connectivity index (χ2v) is 13.5. The highest BCUT2D eigenvalue weighted by Gasteiger charge is 2.52. The molecule has 224 valence electrons. The lowest BCUT2D eigenvalue weighted by atomic mass is 9.69. The molecule has 1 unspecified atom stereocenters. The molecule has 1 aromatic carbocycles. The van der Waals surface area contributed by atoms with Crippen LogP contribution in [-0.4, -0.2) is 54.8 Å². The van der Waals surface area contributed by atoms with Gasteiger partial charge >= 0.3 is 0 Å². The van der Waals surface area contributed by atoms with E-state index < -0.39 is 5.66 Å². The number of nitrogens with one attached hydrogen (secondary N) is 2. The SMILES string of the molecule is CCCC(C1=CC=C(C(=O)NCc2nn[nH]n2)CC1)N1C(=O)C(c2cc(Cl)cc(Cl)c2)=NC12CCC(C(C)(C)C)CC2. The van der Waals surface area contributed by atoms with Gasteiger partial charge in [-0.25, -0.2) is 0 Å². The van der Waals surface area contributed by atoms with Crippen molar-refractivity contribution in [2.24, 2.45) is 16.3 Å². The number of aliphatic imine (C=N–C) groups is 1. The number of tetrazole rings is 1. The molecular weight excluding hydrogens is 573 g/mol. The normalized spacial score (nSPS) is 23.5. The number of rotatable bonds is 8. The largest absolute Gasteiger partial charge is 0.345 e. The molecule has 5 rings (SSSR count). The minimum atomic E-state index is -0.615. The first-order chi connectivity index (χ1) is 20.0. The average molecular weight is 613 g/mol. The van der Waals surface area contributed by atoms with Crippen molar-refractivity contribution in [2.45, 2.75) is 97.3 Å². The van der Waals surface area contributed by atoms with Gasteiger partial charge in [-0.05, 0) is 80.1 Å². The van der Waals surface area contributed by atoms with Gasteiger partial charge in [0.15, 0.2) is 5.82 Å². The van der Waals surface area contributed by atoms with Crippen molar-refractivity contribution in [2.75, 3.05) is 0 Å². The van der Waals surface area contributed by atoms with E-state index in [1.54, 1.807) is 18.2 Å². The molecule has 1 spiro atoms.